The molecule has 1 saturated carbocycles. The van der Waals surface area contributed by atoms with E-state index in [1.54, 1.807) is 0 Å². The van der Waals surface area contributed by atoms with Crippen LogP contribution in [0.3, 0.4) is 0 Å². The van der Waals surface area contributed by atoms with Gasteiger partial charge in [0, 0.05) is 30.7 Å². The normalized spacial score (nSPS) is 32.7. The number of rotatable bonds is 6. The zero-order valence-corrected chi connectivity index (χ0v) is 12.3. The van der Waals surface area contributed by atoms with Gasteiger partial charge >= 0.3 is 0 Å². The Kier molecular flexibility index (Phi) is 4.32. The molecule has 106 valence electrons. The Morgan fingerprint density at radius 3 is 2.44 bits per heavy atom. The average Bonchev–Trinajstić information content (AvgIpc) is 3.23. The molecule has 1 aliphatic heterocycles. The number of nitrogens with zero attached hydrogens (tertiary/aromatic N) is 1. The van der Waals surface area contributed by atoms with Crippen LogP contribution in [0.4, 0.5) is 4.39 Å². The van der Waals surface area contributed by atoms with Gasteiger partial charge in [0.1, 0.15) is 0 Å². The standard InChI is InChI=1S/C15H29FN2/c1-4-15(5-2)12-18(10-6-9-16)14(3,11-17-15)13-7-8-13/h13,17H,4-12H2,1-3H3. The zero-order valence-electron chi connectivity index (χ0n) is 12.3. The molecule has 0 spiro atoms. The highest BCUT2D eigenvalue weighted by Gasteiger charge is 2.50. The first-order chi connectivity index (χ1) is 8.60. The molecule has 1 aliphatic carbocycles. The molecule has 1 unspecified atom stereocenters. The van der Waals surface area contributed by atoms with E-state index in [2.05, 4.69) is 31.0 Å². The molecule has 1 heterocycles. The molecule has 18 heavy (non-hydrogen) atoms. The first-order valence-corrected chi connectivity index (χ1v) is 7.66. The minimum Gasteiger partial charge on any atom is -0.308 e. The number of halogens is 1. The van der Waals surface area contributed by atoms with Crippen molar-refractivity contribution in [2.24, 2.45) is 5.92 Å². The fraction of sp³-hybridized carbons (Fsp3) is 1.00. The van der Waals surface area contributed by atoms with Crippen LogP contribution in [0.25, 0.3) is 0 Å². The average molecular weight is 256 g/mol. The van der Waals surface area contributed by atoms with Gasteiger partial charge in [-0.25, -0.2) is 0 Å². The monoisotopic (exact) mass is 256 g/mol. The summed E-state index contributed by atoms with van der Waals surface area (Å²) in [6.45, 7) is 9.82. The summed E-state index contributed by atoms with van der Waals surface area (Å²) in [7, 11) is 0. The van der Waals surface area contributed by atoms with Crippen molar-refractivity contribution in [1.82, 2.24) is 10.2 Å². The minimum atomic E-state index is -0.185. The smallest absolute Gasteiger partial charge is 0.0906 e. The first-order valence-electron chi connectivity index (χ1n) is 7.66. The van der Waals surface area contributed by atoms with Gasteiger partial charge in [-0.3, -0.25) is 9.29 Å². The van der Waals surface area contributed by atoms with Crippen LogP contribution < -0.4 is 5.32 Å². The van der Waals surface area contributed by atoms with Crippen molar-refractivity contribution in [1.29, 1.82) is 0 Å². The number of piperazine rings is 1. The lowest BCUT2D eigenvalue weighted by Gasteiger charge is -2.54. The quantitative estimate of drug-likeness (QED) is 0.786. The Hall–Kier alpha value is -0.150. The van der Waals surface area contributed by atoms with E-state index >= 15 is 0 Å². The lowest BCUT2D eigenvalue weighted by atomic mass is 9.81. The van der Waals surface area contributed by atoms with Gasteiger partial charge < -0.3 is 5.32 Å². The summed E-state index contributed by atoms with van der Waals surface area (Å²) in [4.78, 5) is 2.59. The van der Waals surface area contributed by atoms with Crippen LogP contribution in [-0.2, 0) is 0 Å². The highest BCUT2D eigenvalue weighted by Crippen LogP contribution is 2.45. The van der Waals surface area contributed by atoms with Crippen molar-refractivity contribution in [2.45, 2.75) is 64.0 Å². The molecule has 2 fully saturated rings. The third-order valence-corrected chi connectivity index (χ3v) is 5.41. The van der Waals surface area contributed by atoms with Crippen LogP contribution in [0.5, 0.6) is 0 Å². The van der Waals surface area contributed by atoms with E-state index in [1.165, 1.54) is 12.8 Å². The van der Waals surface area contributed by atoms with E-state index < -0.39 is 0 Å². The van der Waals surface area contributed by atoms with Gasteiger partial charge in [0.05, 0.1) is 6.67 Å². The van der Waals surface area contributed by atoms with Gasteiger partial charge in [0.2, 0.25) is 0 Å². The third kappa shape index (κ3) is 2.57. The van der Waals surface area contributed by atoms with Crippen molar-refractivity contribution in [3.63, 3.8) is 0 Å². The van der Waals surface area contributed by atoms with Crippen LogP contribution >= 0.6 is 0 Å². The second-order valence-corrected chi connectivity index (χ2v) is 6.44. The Morgan fingerprint density at radius 1 is 1.28 bits per heavy atom. The van der Waals surface area contributed by atoms with Gasteiger partial charge in [-0.1, -0.05) is 13.8 Å². The van der Waals surface area contributed by atoms with E-state index in [0.29, 0.717) is 6.42 Å². The fourth-order valence-corrected chi connectivity index (χ4v) is 3.50. The lowest BCUT2D eigenvalue weighted by Crippen LogP contribution is -2.69. The molecule has 1 atom stereocenters. The summed E-state index contributed by atoms with van der Waals surface area (Å²) in [6.07, 6.45) is 5.73. The topological polar surface area (TPSA) is 15.3 Å². The lowest BCUT2D eigenvalue weighted by molar-refractivity contribution is -0.00377. The van der Waals surface area contributed by atoms with Crippen molar-refractivity contribution >= 4 is 0 Å². The second-order valence-electron chi connectivity index (χ2n) is 6.44. The van der Waals surface area contributed by atoms with Gasteiger partial charge in [0.15, 0.2) is 0 Å². The summed E-state index contributed by atoms with van der Waals surface area (Å²) < 4.78 is 12.5. The van der Waals surface area contributed by atoms with Gasteiger partial charge in [-0.05, 0) is 44.9 Å². The van der Waals surface area contributed by atoms with E-state index in [1.807, 2.05) is 0 Å². The Labute approximate surface area is 111 Å². The van der Waals surface area contributed by atoms with E-state index in [0.717, 1.165) is 38.4 Å². The maximum absolute atomic E-state index is 12.5. The summed E-state index contributed by atoms with van der Waals surface area (Å²) in [5.74, 6) is 0.830. The molecule has 3 heteroatoms. The van der Waals surface area contributed by atoms with E-state index in [-0.39, 0.29) is 17.8 Å². The van der Waals surface area contributed by atoms with Crippen molar-refractivity contribution in [3.05, 3.63) is 0 Å². The van der Waals surface area contributed by atoms with Gasteiger partial charge in [-0.2, -0.15) is 0 Å². The van der Waals surface area contributed by atoms with Crippen molar-refractivity contribution in [2.75, 3.05) is 26.3 Å². The predicted molar refractivity (Wildman–Crippen MR) is 74.6 cm³/mol. The number of alkyl halides is 1. The fourth-order valence-electron chi connectivity index (χ4n) is 3.50. The van der Waals surface area contributed by atoms with E-state index in [9.17, 15) is 4.39 Å². The zero-order chi connectivity index (χ0) is 13.2. The molecule has 2 rings (SSSR count). The minimum absolute atomic E-state index is 0.185. The molecule has 2 nitrogen and oxygen atoms in total. The molecule has 0 bridgehead atoms. The Balaban J connectivity index is 2.09. The molecule has 0 amide bonds. The molecule has 1 N–H and O–H groups in total. The highest BCUT2D eigenvalue weighted by atomic mass is 19.1. The molecule has 0 aromatic carbocycles. The second kappa shape index (κ2) is 5.46. The van der Waals surface area contributed by atoms with Crippen LogP contribution in [0.15, 0.2) is 0 Å². The SMILES string of the molecule is CCC1(CC)CN(CCCF)C(C)(C2CC2)CN1. The molecule has 0 radical (unpaired) electrons. The molecule has 0 aromatic heterocycles. The van der Waals surface area contributed by atoms with Crippen LogP contribution in [-0.4, -0.2) is 42.3 Å². The first kappa shape index (κ1) is 14.3. The Bertz CT molecular complexity index is 274. The predicted octanol–water partition coefficient (Wildman–Crippen LogP) is 2.98. The number of nitrogens with one attached hydrogen (secondary N) is 1. The highest BCUT2D eigenvalue weighted by molar-refractivity contribution is 5.08. The van der Waals surface area contributed by atoms with Crippen molar-refractivity contribution < 1.29 is 4.39 Å². The summed E-state index contributed by atoms with van der Waals surface area (Å²) in [5, 5.41) is 3.81. The molecule has 0 aromatic rings. The summed E-state index contributed by atoms with van der Waals surface area (Å²) >= 11 is 0. The van der Waals surface area contributed by atoms with Crippen LogP contribution in [0, 0.1) is 5.92 Å². The molecule has 2 aliphatic rings. The molecular formula is C15H29FN2. The van der Waals surface area contributed by atoms with Crippen molar-refractivity contribution in [3.8, 4) is 0 Å². The van der Waals surface area contributed by atoms with Crippen LogP contribution in [0.2, 0.25) is 0 Å². The largest absolute Gasteiger partial charge is 0.308 e. The van der Waals surface area contributed by atoms with E-state index in [4.69, 9.17) is 0 Å². The Morgan fingerprint density at radius 2 is 1.94 bits per heavy atom. The maximum atomic E-state index is 12.5. The van der Waals surface area contributed by atoms with Gasteiger partial charge in [-0.15, -0.1) is 0 Å². The molecular weight excluding hydrogens is 227 g/mol. The molecule has 1 saturated heterocycles. The maximum Gasteiger partial charge on any atom is 0.0906 e. The summed E-state index contributed by atoms with van der Waals surface area (Å²) in [5.41, 5.74) is 0.522. The number of hydrogen-bond acceptors (Lipinski definition) is 2. The third-order valence-electron chi connectivity index (χ3n) is 5.41. The van der Waals surface area contributed by atoms with Gasteiger partial charge in [0.25, 0.3) is 0 Å². The number of hydrogen-bond donors (Lipinski definition) is 1. The van der Waals surface area contributed by atoms with Crippen LogP contribution in [0.1, 0.15) is 52.9 Å². The summed E-state index contributed by atoms with van der Waals surface area (Å²) in [6, 6.07) is 0.